The van der Waals surface area contributed by atoms with Gasteiger partial charge in [-0.2, -0.15) is 13.2 Å². The average Bonchev–Trinajstić information content (AvgIpc) is 3.08. The van der Waals surface area contributed by atoms with Crippen molar-refractivity contribution < 1.29 is 17.9 Å². The number of ether oxygens (including phenoxy) is 1. The minimum absolute atomic E-state index is 0.0716. The van der Waals surface area contributed by atoms with Crippen LogP contribution in [0.1, 0.15) is 29.7 Å². The van der Waals surface area contributed by atoms with Gasteiger partial charge in [0.15, 0.2) is 0 Å². The Kier molecular flexibility index (Phi) is 5.86. The molecule has 29 heavy (non-hydrogen) atoms. The zero-order valence-electron chi connectivity index (χ0n) is 15.8. The fraction of sp³-hybridized carbons (Fsp3) is 0.364. The SMILES string of the molecule is FC(F)(F)c1cccc(COC2CCN(Cc3cc4ccc(Cl)cc4[nH]3)CC2)c1. The number of hydrogen-bond acceptors (Lipinski definition) is 2. The van der Waals surface area contributed by atoms with Crippen LogP contribution < -0.4 is 0 Å². The van der Waals surface area contributed by atoms with Gasteiger partial charge in [-0.3, -0.25) is 4.90 Å². The minimum Gasteiger partial charge on any atom is -0.373 e. The normalized spacial score (nSPS) is 16.6. The number of rotatable bonds is 5. The zero-order chi connectivity index (χ0) is 20.4. The molecule has 0 aliphatic carbocycles. The number of halogens is 4. The van der Waals surface area contributed by atoms with Gasteiger partial charge in [0.1, 0.15) is 0 Å². The summed E-state index contributed by atoms with van der Waals surface area (Å²) in [6, 6.07) is 13.3. The Morgan fingerprint density at radius 3 is 2.62 bits per heavy atom. The van der Waals surface area contributed by atoms with Gasteiger partial charge in [0.05, 0.1) is 18.3 Å². The number of aromatic amines is 1. The lowest BCUT2D eigenvalue weighted by Gasteiger charge is -2.31. The second kappa shape index (κ2) is 8.38. The van der Waals surface area contributed by atoms with Crippen molar-refractivity contribution in [3.05, 3.63) is 70.4 Å². The number of nitrogens with zero attached hydrogens (tertiary/aromatic N) is 1. The highest BCUT2D eigenvalue weighted by molar-refractivity contribution is 6.31. The summed E-state index contributed by atoms with van der Waals surface area (Å²) in [4.78, 5) is 5.77. The molecule has 1 aliphatic heterocycles. The Bertz CT molecular complexity index is 978. The molecule has 1 fully saturated rings. The molecule has 0 atom stereocenters. The van der Waals surface area contributed by atoms with Gasteiger partial charge in [-0.1, -0.05) is 29.8 Å². The summed E-state index contributed by atoms with van der Waals surface area (Å²) in [6.07, 6.45) is -2.52. The number of nitrogens with one attached hydrogen (secondary N) is 1. The second-order valence-corrected chi connectivity index (χ2v) is 7.95. The first-order valence-corrected chi connectivity index (χ1v) is 10.0. The zero-order valence-corrected chi connectivity index (χ0v) is 16.6. The maximum Gasteiger partial charge on any atom is 0.416 e. The van der Waals surface area contributed by atoms with E-state index >= 15 is 0 Å². The Labute approximate surface area is 172 Å². The van der Waals surface area contributed by atoms with E-state index < -0.39 is 11.7 Å². The summed E-state index contributed by atoms with van der Waals surface area (Å²) < 4.78 is 44.3. The van der Waals surface area contributed by atoms with Crippen LogP contribution in [-0.4, -0.2) is 29.1 Å². The molecule has 1 saturated heterocycles. The third kappa shape index (κ3) is 5.13. The molecular formula is C22H22ClF3N2O. The van der Waals surface area contributed by atoms with E-state index in [0.717, 1.165) is 61.2 Å². The summed E-state index contributed by atoms with van der Waals surface area (Å²) in [6.45, 7) is 2.82. The smallest absolute Gasteiger partial charge is 0.373 e. The van der Waals surface area contributed by atoms with Crippen molar-refractivity contribution in [2.45, 2.75) is 38.3 Å². The van der Waals surface area contributed by atoms with Crippen LogP contribution in [-0.2, 0) is 24.1 Å². The van der Waals surface area contributed by atoms with Crippen molar-refractivity contribution in [1.82, 2.24) is 9.88 Å². The predicted molar refractivity (Wildman–Crippen MR) is 108 cm³/mol. The minimum atomic E-state index is -4.32. The number of likely N-dealkylation sites (tertiary alicyclic amines) is 1. The summed E-state index contributed by atoms with van der Waals surface area (Å²) in [7, 11) is 0. The van der Waals surface area contributed by atoms with Crippen LogP contribution in [0.3, 0.4) is 0 Å². The molecule has 7 heteroatoms. The molecule has 3 aromatic rings. The largest absolute Gasteiger partial charge is 0.416 e. The van der Waals surface area contributed by atoms with E-state index in [9.17, 15) is 13.2 Å². The number of alkyl halides is 3. The molecule has 1 N–H and O–H groups in total. The van der Waals surface area contributed by atoms with Gasteiger partial charge in [-0.15, -0.1) is 0 Å². The van der Waals surface area contributed by atoms with Crippen LogP contribution in [0.5, 0.6) is 0 Å². The topological polar surface area (TPSA) is 28.3 Å². The molecule has 1 aliphatic rings. The van der Waals surface area contributed by atoms with Crippen molar-refractivity contribution in [2.24, 2.45) is 0 Å². The first-order valence-electron chi connectivity index (χ1n) is 9.64. The van der Waals surface area contributed by atoms with Crippen molar-refractivity contribution in [3.63, 3.8) is 0 Å². The molecule has 0 saturated carbocycles. The van der Waals surface area contributed by atoms with Gasteiger partial charge in [0.2, 0.25) is 0 Å². The van der Waals surface area contributed by atoms with Crippen molar-refractivity contribution >= 4 is 22.5 Å². The highest BCUT2D eigenvalue weighted by atomic mass is 35.5. The van der Waals surface area contributed by atoms with Gasteiger partial charge in [0.25, 0.3) is 0 Å². The summed E-state index contributed by atoms with van der Waals surface area (Å²) in [5.74, 6) is 0. The molecule has 0 spiro atoms. The van der Waals surface area contributed by atoms with Crippen LogP contribution in [0.4, 0.5) is 13.2 Å². The molecule has 4 rings (SSSR count). The van der Waals surface area contributed by atoms with E-state index in [-0.39, 0.29) is 12.7 Å². The summed E-state index contributed by atoms with van der Waals surface area (Å²) in [5, 5.41) is 1.85. The molecule has 1 aromatic heterocycles. The predicted octanol–water partition coefficient (Wildman–Crippen LogP) is 6.02. The van der Waals surface area contributed by atoms with Crippen molar-refractivity contribution in [3.8, 4) is 0 Å². The average molecular weight is 423 g/mol. The number of fused-ring (bicyclic) bond motifs is 1. The van der Waals surface area contributed by atoms with E-state index in [2.05, 4.69) is 16.0 Å². The molecular weight excluding hydrogens is 401 g/mol. The first kappa shape index (κ1) is 20.3. The molecule has 0 unspecified atom stereocenters. The number of benzene rings is 2. The third-order valence-corrected chi connectivity index (χ3v) is 5.54. The third-order valence-electron chi connectivity index (χ3n) is 5.31. The molecule has 2 aromatic carbocycles. The number of H-pyrrole nitrogens is 1. The number of aromatic nitrogens is 1. The summed E-state index contributed by atoms with van der Waals surface area (Å²) >= 11 is 6.04. The monoisotopic (exact) mass is 422 g/mol. The molecule has 3 nitrogen and oxygen atoms in total. The quantitative estimate of drug-likeness (QED) is 0.544. The molecule has 0 radical (unpaired) electrons. The lowest BCUT2D eigenvalue weighted by molar-refractivity contribution is -0.137. The van der Waals surface area contributed by atoms with E-state index in [1.807, 2.05) is 18.2 Å². The van der Waals surface area contributed by atoms with Gasteiger partial charge in [0, 0.05) is 35.9 Å². The van der Waals surface area contributed by atoms with Crippen molar-refractivity contribution in [2.75, 3.05) is 13.1 Å². The highest BCUT2D eigenvalue weighted by Crippen LogP contribution is 2.30. The maximum atomic E-state index is 12.8. The lowest BCUT2D eigenvalue weighted by Crippen LogP contribution is -2.36. The second-order valence-electron chi connectivity index (χ2n) is 7.51. The fourth-order valence-electron chi connectivity index (χ4n) is 3.77. The standard InChI is InChI=1S/C22H22ClF3N2O/c23-18-5-4-16-11-19(27-21(16)12-18)13-28-8-6-20(7-9-28)29-14-15-2-1-3-17(10-15)22(24,25)26/h1-5,10-12,20,27H,6-9,13-14H2. The van der Waals surface area contributed by atoms with Crippen LogP contribution in [0.25, 0.3) is 10.9 Å². The van der Waals surface area contributed by atoms with Gasteiger partial charge in [-0.05, 0) is 54.1 Å². The maximum absolute atomic E-state index is 12.8. The molecule has 0 bridgehead atoms. The van der Waals surface area contributed by atoms with Gasteiger partial charge < -0.3 is 9.72 Å². The Morgan fingerprint density at radius 1 is 1.07 bits per heavy atom. The lowest BCUT2D eigenvalue weighted by atomic mass is 10.1. The van der Waals surface area contributed by atoms with E-state index in [4.69, 9.17) is 16.3 Å². The number of hydrogen-bond donors (Lipinski definition) is 1. The number of piperidine rings is 1. The van der Waals surface area contributed by atoms with Crippen LogP contribution in [0.15, 0.2) is 48.5 Å². The van der Waals surface area contributed by atoms with E-state index in [0.29, 0.717) is 10.6 Å². The fourth-order valence-corrected chi connectivity index (χ4v) is 3.94. The van der Waals surface area contributed by atoms with Crippen LogP contribution in [0.2, 0.25) is 5.02 Å². The van der Waals surface area contributed by atoms with Gasteiger partial charge >= 0.3 is 6.18 Å². The Hall–Kier alpha value is -2.02. The van der Waals surface area contributed by atoms with Crippen molar-refractivity contribution in [1.29, 1.82) is 0 Å². The van der Waals surface area contributed by atoms with Crippen LogP contribution >= 0.6 is 11.6 Å². The Morgan fingerprint density at radius 2 is 1.86 bits per heavy atom. The Balaban J connectivity index is 1.27. The first-order chi connectivity index (χ1) is 13.9. The summed E-state index contributed by atoms with van der Waals surface area (Å²) in [5.41, 5.74) is 2.10. The molecule has 2 heterocycles. The van der Waals surface area contributed by atoms with E-state index in [1.165, 1.54) is 6.07 Å². The molecule has 154 valence electrons. The van der Waals surface area contributed by atoms with Gasteiger partial charge in [-0.25, -0.2) is 0 Å². The van der Waals surface area contributed by atoms with E-state index in [1.54, 1.807) is 6.07 Å². The highest BCUT2D eigenvalue weighted by Gasteiger charge is 2.30. The van der Waals surface area contributed by atoms with Crippen LogP contribution in [0, 0.1) is 0 Å². The molecule has 0 amide bonds.